The number of carbonyl (C=O) groups excluding carboxylic acids is 1. The van der Waals surface area contributed by atoms with Crippen molar-refractivity contribution < 1.29 is 4.79 Å². The Balaban J connectivity index is 1.59. The molecular weight excluding hydrogens is 312 g/mol. The summed E-state index contributed by atoms with van der Waals surface area (Å²) in [5, 5.41) is 0. The molecule has 5 nitrogen and oxygen atoms in total. The Labute approximate surface area is 151 Å². The number of carbonyl (C=O) groups is 1. The molecular formula is C20H30N4O. The number of hydrogen-bond acceptors (Lipinski definition) is 4. The maximum Gasteiger partial charge on any atom is 0.257 e. The average Bonchev–Trinajstić information content (AvgIpc) is 3.30. The van der Waals surface area contributed by atoms with E-state index in [1.54, 1.807) is 0 Å². The van der Waals surface area contributed by atoms with Crippen LogP contribution in [0.25, 0.3) is 0 Å². The van der Waals surface area contributed by atoms with E-state index in [1.807, 2.05) is 23.9 Å². The van der Waals surface area contributed by atoms with Crippen LogP contribution < -0.4 is 4.90 Å². The minimum absolute atomic E-state index is 0.163. The Hall–Kier alpha value is -1.62. The van der Waals surface area contributed by atoms with Gasteiger partial charge in [-0.05, 0) is 49.7 Å². The van der Waals surface area contributed by atoms with E-state index >= 15 is 0 Å². The van der Waals surface area contributed by atoms with Crippen LogP contribution in [-0.2, 0) is 12.8 Å². The maximum atomic E-state index is 13.0. The lowest BCUT2D eigenvalue weighted by atomic mass is 10.0. The summed E-state index contributed by atoms with van der Waals surface area (Å²) in [6, 6.07) is 2.15. The van der Waals surface area contributed by atoms with Crippen LogP contribution in [-0.4, -0.2) is 67.5 Å². The first-order valence-corrected chi connectivity index (χ1v) is 9.83. The fraction of sp³-hybridized carbons (Fsp3) is 0.700. The van der Waals surface area contributed by atoms with Crippen LogP contribution in [0.1, 0.15) is 47.3 Å². The van der Waals surface area contributed by atoms with Crippen molar-refractivity contribution >= 4 is 11.7 Å². The highest BCUT2D eigenvalue weighted by molar-refractivity contribution is 5.99. The second-order valence-electron chi connectivity index (χ2n) is 8.10. The van der Waals surface area contributed by atoms with Gasteiger partial charge in [-0.2, -0.15) is 0 Å². The molecule has 1 aromatic rings. The van der Waals surface area contributed by atoms with Gasteiger partial charge < -0.3 is 14.7 Å². The average molecular weight is 342 g/mol. The maximum absolute atomic E-state index is 13.0. The third-order valence-corrected chi connectivity index (χ3v) is 5.79. The van der Waals surface area contributed by atoms with E-state index in [0.29, 0.717) is 0 Å². The minimum Gasteiger partial charge on any atom is -0.362 e. The predicted molar refractivity (Wildman–Crippen MR) is 100 cm³/mol. The van der Waals surface area contributed by atoms with Gasteiger partial charge in [0, 0.05) is 58.9 Å². The number of likely N-dealkylation sites (tertiary alicyclic amines) is 1. The molecule has 5 heteroatoms. The highest BCUT2D eigenvalue weighted by atomic mass is 16.2. The SMILES string of the molecule is CN(C)c1nc2c(cc1C(=O)N1CCCC1)CCN(CC1CC1)CC2. The topological polar surface area (TPSA) is 39.7 Å². The fourth-order valence-electron chi connectivity index (χ4n) is 4.11. The van der Waals surface area contributed by atoms with Crippen molar-refractivity contribution in [2.45, 2.75) is 38.5 Å². The van der Waals surface area contributed by atoms with Gasteiger partial charge in [-0.1, -0.05) is 0 Å². The van der Waals surface area contributed by atoms with E-state index in [9.17, 15) is 4.79 Å². The molecule has 0 aromatic carbocycles. The van der Waals surface area contributed by atoms with Gasteiger partial charge in [-0.15, -0.1) is 0 Å². The Bertz CT molecular complexity index is 647. The lowest BCUT2D eigenvalue weighted by Crippen LogP contribution is -2.30. The Morgan fingerprint density at radius 3 is 2.56 bits per heavy atom. The van der Waals surface area contributed by atoms with Crippen LogP contribution in [0, 0.1) is 5.92 Å². The molecule has 1 amide bonds. The molecule has 0 radical (unpaired) electrons. The molecule has 1 saturated heterocycles. The number of nitrogens with zero attached hydrogens (tertiary/aromatic N) is 4. The van der Waals surface area contributed by atoms with Gasteiger partial charge in [0.1, 0.15) is 5.82 Å². The summed E-state index contributed by atoms with van der Waals surface area (Å²) >= 11 is 0. The van der Waals surface area contributed by atoms with Gasteiger partial charge in [0.2, 0.25) is 0 Å². The first kappa shape index (κ1) is 16.8. The Morgan fingerprint density at radius 2 is 1.88 bits per heavy atom. The van der Waals surface area contributed by atoms with Crippen molar-refractivity contribution in [1.29, 1.82) is 0 Å². The van der Waals surface area contributed by atoms with Crippen molar-refractivity contribution in [3.05, 3.63) is 22.9 Å². The molecule has 2 fully saturated rings. The summed E-state index contributed by atoms with van der Waals surface area (Å²) in [6.07, 6.45) is 7.07. The van der Waals surface area contributed by atoms with Crippen molar-refractivity contribution in [1.82, 2.24) is 14.8 Å². The molecule has 0 atom stereocenters. The number of hydrogen-bond donors (Lipinski definition) is 0. The molecule has 3 aliphatic rings. The molecule has 136 valence electrons. The second kappa shape index (κ2) is 6.94. The van der Waals surface area contributed by atoms with Crippen LogP contribution >= 0.6 is 0 Å². The van der Waals surface area contributed by atoms with E-state index in [4.69, 9.17) is 4.98 Å². The van der Waals surface area contributed by atoms with E-state index in [1.165, 1.54) is 30.6 Å². The number of rotatable bonds is 4. The number of amides is 1. The summed E-state index contributed by atoms with van der Waals surface area (Å²) in [6.45, 7) is 5.22. The van der Waals surface area contributed by atoms with Gasteiger partial charge in [0.05, 0.1) is 5.56 Å². The molecule has 0 unspecified atom stereocenters. The van der Waals surface area contributed by atoms with Gasteiger partial charge in [0.25, 0.3) is 5.91 Å². The van der Waals surface area contributed by atoms with Crippen LogP contribution in [0.15, 0.2) is 6.07 Å². The first-order valence-electron chi connectivity index (χ1n) is 9.83. The van der Waals surface area contributed by atoms with Gasteiger partial charge in [-0.25, -0.2) is 4.98 Å². The fourth-order valence-corrected chi connectivity index (χ4v) is 4.11. The Morgan fingerprint density at radius 1 is 1.16 bits per heavy atom. The summed E-state index contributed by atoms with van der Waals surface area (Å²) in [5.74, 6) is 1.93. The normalized spacial score (nSPS) is 21.1. The van der Waals surface area contributed by atoms with E-state index in [-0.39, 0.29) is 5.91 Å². The highest BCUT2D eigenvalue weighted by Crippen LogP contribution is 2.31. The summed E-state index contributed by atoms with van der Waals surface area (Å²) in [7, 11) is 3.98. The van der Waals surface area contributed by atoms with Crippen LogP contribution in [0.5, 0.6) is 0 Å². The van der Waals surface area contributed by atoms with Gasteiger partial charge in [0.15, 0.2) is 0 Å². The highest BCUT2D eigenvalue weighted by Gasteiger charge is 2.28. The molecule has 2 aliphatic heterocycles. The second-order valence-corrected chi connectivity index (χ2v) is 8.10. The van der Waals surface area contributed by atoms with Crippen molar-refractivity contribution in [3.8, 4) is 0 Å². The summed E-state index contributed by atoms with van der Waals surface area (Å²) in [4.78, 5) is 24.5. The minimum atomic E-state index is 0.163. The van der Waals surface area contributed by atoms with Crippen molar-refractivity contribution in [2.75, 3.05) is 51.7 Å². The monoisotopic (exact) mass is 342 g/mol. The largest absolute Gasteiger partial charge is 0.362 e. The Kier molecular flexibility index (Phi) is 4.67. The summed E-state index contributed by atoms with van der Waals surface area (Å²) in [5.41, 5.74) is 3.27. The molecule has 0 N–H and O–H groups in total. The molecule has 1 aromatic heterocycles. The zero-order chi connectivity index (χ0) is 17.4. The number of fused-ring (bicyclic) bond motifs is 1. The van der Waals surface area contributed by atoms with Crippen LogP contribution in [0.3, 0.4) is 0 Å². The quantitative estimate of drug-likeness (QED) is 0.841. The number of anilines is 1. The molecule has 3 heterocycles. The molecule has 1 aliphatic carbocycles. The van der Waals surface area contributed by atoms with Gasteiger partial charge >= 0.3 is 0 Å². The predicted octanol–water partition coefficient (Wildman–Crippen LogP) is 2.19. The molecule has 25 heavy (non-hydrogen) atoms. The molecule has 4 rings (SSSR count). The van der Waals surface area contributed by atoms with E-state index < -0.39 is 0 Å². The lowest BCUT2D eigenvalue weighted by Gasteiger charge is -2.22. The smallest absolute Gasteiger partial charge is 0.257 e. The third kappa shape index (κ3) is 3.66. The van der Waals surface area contributed by atoms with Crippen molar-refractivity contribution in [2.24, 2.45) is 5.92 Å². The standard InChI is InChI=1S/C20H30N4O/c1-22(2)19-17(20(25)24-9-3-4-10-24)13-16-7-11-23(14-15-5-6-15)12-8-18(16)21-19/h13,15H,3-12,14H2,1-2H3. The number of aromatic nitrogens is 1. The zero-order valence-corrected chi connectivity index (χ0v) is 15.6. The first-order chi connectivity index (χ1) is 12.1. The molecule has 1 saturated carbocycles. The third-order valence-electron chi connectivity index (χ3n) is 5.79. The van der Waals surface area contributed by atoms with E-state index in [2.05, 4.69) is 11.0 Å². The van der Waals surface area contributed by atoms with Crippen LogP contribution in [0.2, 0.25) is 0 Å². The summed E-state index contributed by atoms with van der Waals surface area (Å²) < 4.78 is 0. The molecule has 0 bridgehead atoms. The lowest BCUT2D eigenvalue weighted by molar-refractivity contribution is 0.0793. The van der Waals surface area contributed by atoms with Crippen LogP contribution in [0.4, 0.5) is 5.82 Å². The van der Waals surface area contributed by atoms with Gasteiger partial charge in [-0.3, -0.25) is 4.79 Å². The number of pyridine rings is 1. The zero-order valence-electron chi connectivity index (χ0n) is 15.6. The molecule has 0 spiro atoms. The van der Waals surface area contributed by atoms with Crippen molar-refractivity contribution in [3.63, 3.8) is 0 Å². The van der Waals surface area contributed by atoms with E-state index in [0.717, 1.165) is 69.2 Å².